The Morgan fingerprint density at radius 3 is 2.69 bits per heavy atom. The maximum Gasteiger partial charge on any atom is 0.302 e. The van der Waals surface area contributed by atoms with Crippen molar-refractivity contribution in [1.29, 1.82) is 0 Å². The number of Topliss-reactive ketones (excluding diaryl/α,β-unsaturated/α-hetero) is 1. The van der Waals surface area contributed by atoms with E-state index in [4.69, 9.17) is 4.74 Å². The van der Waals surface area contributed by atoms with Gasteiger partial charge in [-0.05, 0) is 48.9 Å². The zero-order chi connectivity index (χ0) is 19.0. The van der Waals surface area contributed by atoms with E-state index >= 15 is 0 Å². The lowest BCUT2D eigenvalue weighted by Crippen LogP contribution is -2.68. The fourth-order valence-electron chi connectivity index (χ4n) is 7.54. The van der Waals surface area contributed by atoms with E-state index < -0.39 is 17.5 Å². The van der Waals surface area contributed by atoms with Gasteiger partial charge in [0.2, 0.25) is 0 Å². The summed E-state index contributed by atoms with van der Waals surface area (Å²) in [6, 6.07) is 0. The van der Waals surface area contributed by atoms with Crippen LogP contribution in [0.2, 0.25) is 0 Å². The summed E-state index contributed by atoms with van der Waals surface area (Å²) in [5.41, 5.74) is -1.26. The van der Waals surface area contributed by atoms with E-state index in [0.717, 1.165) is 19.3 Å². The molecule has 1 spiro atoms. The maximum absolute atomic E-state index is 13.6. The summed E-state index contributed by atoms with van der Waals surface area (Å²) in [7, 11) is 0. The quantitative estimate of drug-likeness (QED) is 0.603. The molecule has 6 atom stereocenters. The first kappa shape index (κ1) is 18.2. The van der Waals surface area contributed by atoms with Crippen LogP contribution < -0.4 is 0 Å². The van der Waals surface area contributed by atoms with Gasteiger partial charge < -0.3 is 9.84 Å². The first-order valence-corrected chi connectivity index (χ1v) is 10.1. The lowest BCUT2D eigenvalue weighted by molar-refractivity contribution is -0.203. The van der Waals surface area contributed by atoms with Crippen LogP contribution in [0.25, 0.3) is 0 Å². The molecule has 0 heterocycles. The second kappa shape index (κ2) is 5.43. The minimum atomic E-state index is -1.25. The van der Waals surface area contributed by atoms with Crippen LogP contribution in [-0.2, 0) is 14.3 Å². The van der Waals surface area contributed by atoms with Crippen LogP contribution in [-0.4, -0.2) is 29.1 Å². The van der Waals surface area contributed by atoms with Crippen molar-refractivity contribution >= 4 is 11.8 Å². The molecule has 3 fully saturated rings. The zero-order valence-corrected chi connectivity index (χ0v) is 16.5. The third-order valence-corrected chi connectivity index (χ3v) is 8.36. The summed E-state index contributed by atoms with van der Waals surface area (Å²) in [4.78, 5) is 24.9. The van der Waals surface area contributed by atoms with Gasteiger partial charge in [0.25, 0.3) is 0 Å². The predicted molar refractivity (Wildman–Crippen MR) is 98.2 cm³/mol. The normalized spacial score (nSPS) is 48.7. The number of ketones is 1. The van der Waals surface area contributed by atoms with Crippen LogP contribution in [0.5, 0.6) is 0 Å². The monoisotopic (exact) mass is 360 g/mol. The van der Waals surface area contributed by atoms with Crippen molar-refractivity contribution in [2.24, 2.45) is 34.0 Å². The molecular weight excluding hydrogens is 328 g/mol. The Bertz CT molecular complexity index is 680. The molecule has 3 saturated carbocycles. The van der Waals surface area contributed by atoms with Crippen LogP contribution in [0.15, 0.2) is 12.2 Å². The summed E-state index contributed by atoms with van der Waals surface area (Å²) in [5.74, 6) is -0.235. The van der Waals surface area contributed by atoms with Crippen LogP contribution >= 0.6 is 0 Å². The molecule has 26 heavy (non-hydrogen) atoms. The van der Waals surface area contributed by atoms with E-state index in [0.29, 0.717) is 12.3 Å². The number of hydrogen-bond acceptors (Lipinski definition) is 4. The Kier molecular flexibility index (Phi) is 3.81. The van der Waals surface area contributed by atoms with Crippen molar-refractivity contribution in [3.63, 3.8) is 0 Å². The Labute approximate surface area is 156 Å². The second-order valence-electron chi connectivity index (χ2n) is 10.4. The molecule has 4 nitrogen and oxygen atoms in total. The van der Waals surface area contributed by atoms with Gasteiger partial charge in [-0.15, -0.1) is 0 Å². The number of carbonyl (C=O) groups is 2. The number of hydrogen-bond donors (Lipinski definition) is 1. The first-order chi connectivity index (χ1) is 12.0. The Morgan fingerprint density at radius 1 is 1.27 bits per heavy atom. The van der Waals surface area contributed by atoms with Crippen molar-refractivity contribution in [2.45, 2.75) is 71.8 Å². The zero-order valence-electron chi connectivity index (χ0n) is 16.5. The van der Waals surface area contributed by atoms with E-state index in [-0.39, 0.29) is 34.6 Å². The molecule has 4 unspecified atom stereocenters. The number of aliphatic hydroxyl groups is 1. The molecule has 0 aromatic rings. The molecule has 4 heteroatoms. The van der Waals surface area contributed by atoms with Gasteiger partial charge in [-0.2, -0.15) is 0 Å². The first-order valence-electron chi connectivity index (χ1n) is 10.1. The van der Waals surface area contributed by atoms with Gasteiger partial charge in [0.1, 0.15) is 18.0 Å². The van der Waals surface area contributed by atoms with Gasteiger partial charge in [-0.1, -0.05) is 39.3 Å². The minimum absolute atomic E-state index is 0.00283. The Morgan fingerprint density at radius 2 is 2.00 bits per heavy atom. The molecule has 0 saturated heterocycles. The number of rotatable bonds is 2. The Hall–Kier alpha value is -1.16. The summed E-state index contributed by atoms with van der Waals surface area (Å²) in [6.07, 6.45) is 10.2. The highest BCUT2D eigenvalue weighted by Crippen LogP contribution is 2.70. The van der Waals surface area contributed by atoms with Gasteiger partial charge in [-0.25, -0.2) is 0 Å². The van der Waals surface area contributed by atoms with E-state index in [1.165, 1.54) is 19.8 Å². The number of carbonyl (C=O) groups excluding carboxylic acids is 2. The molecule has 2 bridgehead atoms. The smallest absolute Gasteiger partial charge is 0.302 e. The van der Waals surface area contributed by atoms with Gasteiger partial charge >= 0.3 is 5.97 Å². The third kappa shape index (κ3) is 2.30. The van der Waals surface area contributed by atoms with Crippen molar-refractivity contribution in [3.8, 4) is 0 Å². The molecule has 5 aliphatic carbocycles. The molecule has 0 radical (unpaired) electrons. The molecule has 0 aromatic heterocycles. The van der Waals surface area contributed by atoms with E-state index in [1.807, 2.05) is 6.08 Å². The molecular formula is C22H32O4. The van der Waals surface area contributed by atoms with Crippen molar-refractivity contribution in [3.05, 3.63) is 12.2 Å². The van der Waals surface area contributed by atoms with Crippen molar-refractivity contribution in [2.75, 3.05) is 6.61 Å². The summed E-state index contributed by atoms with van der Waals surface area (Å²) in [6.45, 7) is 8.33. The van der Waals surface area contributed by atoms with E-state index in [1.54, 1.807) is 0 Å². The largest absolute Gasteiger partial charge is 0.463 e. The average molecular weight is 360 g/mol. The average Bonchev–Trinajstić information content (AvgIpc) is 2.51. The molecule has 144 valence electrons. The fourth-order valence-corrected chi connectivity index (χ4v) is 7.54. The van der Waals surface area contributed by atoms with Gasteiger partial charge in [0.05, 0.1) is 5.92 Å². The number of fused-ring (bicyclic) bond motifs is 2. The summed E-state index contributed by atoms with van der Waals surface area (Å²) >= 11 is 0. The lowest BCUT2D eigenvalue weighted by Gasteiger charge is -2.67. The van der Waals surface area contributed by atoms with Crippen molar-refractivity contribution in [1.82, 2.24) is 0 Å². The molecule has 0 aliphatic heterocycles. The van der Waals surface area contributed by atoms with Gasteiger partial charge in [-0.3, -0.25) is 9.59 Å². The minimum Gasteiger partial charge on any atom is -0.463 e. The standard InChI is InChI=1S/C22H32O4/c1-14(23)26-13-22(25)12-21-10-6-15(22)17(24)18(21)20(4)9-5-8-19(2,3)16(20)7-11-21/h6,10,15-16,18,25H,5,7-9,11-13H2,1-4H3/t15?,16?,18?,20-,21?,22-/m1/s1. The topological polar surface area (TPSA) is 63.6 Å². The molecule has 0 amide bonds. The number of ether oxygens (including phenoxy) is 1. The molecule has 0 aromatic carbocycles. The summed E-state index contributed by atoms with van der Waals surface area (Å²) in [5, 5.41) is 11.2. The molecule has 1 N–H and O–H groups in total. The predicted octanol–water partition coefficient (Wildman–Crippen LogP) is 3.67. The van der Waals surface area contributed by atoms with E-state index in [2.05, 4.69) is 26.8 Å². The molecule has 5 aliphatic rings. The van der Waals surface area contributed by atoms with Crippen LogP contribution in [0.3, 0.4) is 0 Å². The van der Waals surface area contributed by atoms with Gasteiger partial charge in [0, 0.05) is 18.3 Å². The highest BCUT2D eigenvalue weighted by molar-refractivity contribution is 5.91. The van der Waals surface area contributed by atoms with Crippen LogP contribution in [0, 0.1) is 34.0 Å². The number of esters is 1. The number of allylic oxidation sites excluding steroid dienone is 1. The lowest BCUT2D eigenvalue weighted by atomic mass is 9.37. The maximum atomic E-state index is 13.6. The van der Waals surface area contributed by atoms with Crippen LogP contribution in [0.4, 0.5) is 0 Å². The third-order valence-electron chi connectivity index (χ3n) is 8.36. The molecule has 5 rings (SSSR count). The second-order valence-corrected chi connectivity index (χ2v) is 10.4. The van der Waals surface area contributed by atoms with Gasteiger partial charge in [0.15, 0.2) is 0 Å². The highest BCUT2D eigenvalue weighted by atomic mass is 16.5. The highest BCUT2D eigenvalue weighted by Gasteiger charge is 2.69. The Balaban J connectivity index is 1.72. The van der Waals surface area contributed by atoms with Crippen molar-refractivity contribution < 1.29 is 19.4 Å². The fraction of sp³-hybridized carbons (Fsp3) is 0.818. The van der Waals surface area contributed by atoms with E-state index in [9.17, 15) is 14.7 Å². The summed E-state index contributed by atoms with van der Waals surface area (Å²) < 4.78 is 5.15. The van der Waals surface area contributed by atoms with Crippen LogP contribution in [0.1, 0.15) is 66.2 Å². The SMILES string of the molecule is CC(=O)OC[C@]1(O)CC23C=CC1C(=O)C2[C@]1(C)CCCC(C)(C)C1CC3.